The van der Waals surface area contributed by atoms with Gasteiger partial charge in [-0.15, -0.1) is 10.2 Å². The zero-order chi connectivity index (χ0) is 24.1. The summed E-state index contributed by atoms with van der Waals surface area (Å²) in [4.78, 5) is 26.0. The van der Waals surface area contributed by atoms with Crippen molar-refractivity contribution in [2.24, 2.45) is 5.41 Å². The van der Waals surface area contributed by atoms with Gasteiger partial charge in [0.1, 0.15) is 18.1 Å². The molecule has 2 aromatic rings. The Balaban J connectivity index is 1.24. The van der Waals surface area contributed by atoms with Gasteiger partial charge in [0.2, 0.25) is 0 Å². The Morgan fingerprint density at radius 2 is 1.94 bits per heavy atom. The number of carbonyl (C=O) groups is 2. The summed E-state index contributed by atoms with van der Waals surface area (Å²) >= 11 is 6.08. The number of aromatic nitrogens is 2. The largest absolute Gasteiger partial charge is 0.490 e. The molecule has 1 aliphatic carbocycles. The van der Waals surface area contributed by atoms with E-state index in [2.05, 4.69) is 20.4 Å². The van der Waals surface area contributed by atoms with E-state index >= 15 is 0 Å². The highest BCUT2D eigenvalue weighted by atomic mass is 35.5. The van der Waals surface area contributed by atoms with Gasteiger partial charge in [-0.25, -0.2) is 0 Å². The first-order chi connectivity index (χ1) is 16.4. The second-order valence-corrected chi connectivity index (χ2v) is 9.76. The Bertz CT molecular complexity index is 1070. The quantitative estimate of drug-likeness (QED) is 0.622. The molecule has 1 saturated carbocycles. The minimum absolute atomic E-state index is 0.0434. The van der Waals surface area contributed by atoms with Crippen molar-refractivity contribution >= 4 is 29.6 Å². The molecule has 8 nitrogen and oxygen atoms in total. The van der Waals surface area contributed by atoms with Crippen molar-refractivity contribution in [2.45, 2.75) is 57.6 Å². The highest BCUT2D eigenvalue weighted by Gasteiger charge is 2.30. The molecule has 4 rings (SSSR count). The first-order valence-electron chi connectivity index (χ1n) is 11.6. The van der Waals surface area contributed by atoms with Crippen LogP contribution in [-0.4, -0.2) is 47.6 Å². The van der Waals surface area contributed by atoms with Crippen LogP contribution in [0, 0.1) is 16.7 Å². The molecule has 1 aliphatic heterocycles. The van der Waals surface area contributed by atoms with Gasteiger partial charge in [0, 0.05) is 30.6 Å². The Labute approximate surface area is 204 Å². The Morgan fingerprint density at radius 1 is 1.21 bits per heavy atom. The fraction of sp³-hybridized carbons (Fsp3) is 0.480. The highest BCUT2D eigenvalue weighted by Crippen LogP contribution is 2.30. The van der Waals surface area contributed by atoms with Crippen LogP contribution in [0.2, 0.25) is 5.02 Å². The van der Waals surface area contributed by atoms with E-state index in [9.17, 15) is 9.59 Å². The number of nitrogens with zero attached hydrogens (tertiary/aromatic N) is 4. The molecule has 0 spiro atoms. The predicted octanol–water partition coefficient (Wildman–Crippen LogP) is 3.93. The molecule has 1 N–H and O–H groups in total. The molecular weight excluding hydrogens is 454 g/mol. The van der Waals surface area contributed by atoms with Gasteiger partial charge < -0.3 is 19.7 Å². The third kappa shape index (κ3) is 5.65. The molecule has 1 amide bonds. The zero-order valence-corrected chi connectivity index (χ0v) is 19.9. The van der Waals surface area contributed by atoms with Crippen molar-refractivity contribution in [1.82, 2.24) is 15.5 Å². The fourth-order valence-corrected chi connectivity index (χ4v) is 4.63. The summed E-state index contributed by atoms with van der Waals surface area (Å²) in [6, 6.07) is 10.7. The van der Waals surface area contributed by atoms with Crippen LogP contribution in [0.4, 0.5) is 5.82 Å². The Kier molecular flexibility index (Phi) is 7.32. The summed E-state index contributed by atoms with van der Waals surface area (Å²) in [7, 11) is 0. The summed E-state index contributed by atoms with van der Waals surface area (Å²) in [6.07, 6.45) is 5.87. The highest BCUT2D eigenvalue weighted by molar-refractivity contribution is 6.31. The number of nitrogens with one attached hydrogen (secondary N) is 1. The van der Waals surface area contributed by atoms with Gasteiger partial charge in [0.05, 0.1) is 16.7 Å². The molecule has 2 fully saturated rings. The lowest BCUT2D eigenvalue weighted by molar-refractivity contribution is -0.116. The number of ether oxygens (including phenoxy) is 1. The van der Waals surface area contributed by atoms with E-state index in [1.54, 1.807) is 24.3 Å². The minimum atomic E-state index is -0.261. The van der Waals surface area contributed by atoms with E-state index in [-0.39, 0.29) is 23.5 Å². The maximum Gasteiger partial charge on any atom is 0.272 e. The number of carbonyl (C=O) groups excluding carboxylic acids is 2. The van der Waals surface area contributed by atoms with Crippen LogP contribution in [0.25, 0.3) is 0 Å². The van der Waals surface area contributed by atoms with Crippen LogP contribution in [-0.2, 0) is 4.79 Å². The van der Waals surface area contributed by atoms with E-state index in [1.165, 1.54) is 0 Å². The van der Waals surface area contributed by atoms with Crippen molar-refractivity contribution in [2.75, 3.05) is 18.0 Å². The van der Waals surface area contributed by atoms with Crippen LogP contribution in [0.15, 0.2) is 30.3 Å². The summed E-state index contributed by atoms with van der Waals surface area (Å²) in [5.41, 5.74) is 0.459. The SMILES string of the molecule is CC1(C=O)CCN(c2ccc(C(=O)N[C@H]3CC[C@H](Oc4ccc(C#N)c(Cl)c4)CC3)nn2)CC1. The van der Waals surface area contributed by atoms with Gasteiger partial charge in [-0.2, -0.15) is 5.26 Å². The molecule has 2 heterocycles. The minimum Gasteiger partial charge on any atom is -0.490 e. The van der Waals surface area contributed by atoms with Crippen molar-refractivity contribution in [1.29, 1.82) is 5.26 Å². The smallest absolute Gasteiger partial charge is 0.272 e. The summed E-state index contributed by atoms with van der Waals surface area (Å²) in [5, 5.41) is 20.8. The average molecular weight is 482 g/mol. The lowest BCUT2D eigenvalue weighted by Crippen LogP contribution is -2.41. The third-order valence-corrected chi connectivity index (χ3v) is 7.08. The Hall–Kier alpha value is -3.18. The van der Waals surface area contributed by atoms with Crippen molar-refractivity contribution < 1.29 is 14.3 Å². The van der Waals surface area contributed by atoms with Crippen molar-refractivity contribution in [3.8, 4) is 11.8 Å². The molecular formula is C25H28ClN5O3. The zero-order valence-electron chi connectivity index (χ0n) is 19.2. The van der Waals surface area contributed by atoms with Gasteiger partial charge in [-0.05, 0) is 62.8 Å². The van der Waals surface area contributed by atoms with E-state index in [0.717, 1.165) is 63.7 Å². The van der Waals surface area contributed by atoms with Crippen molar-refractivity contribution in [3.63, 3.8) is 0 Å². The lowest BCUT2D eigenvalue weighted by Gasteiger charge is -2.36. The molecule has 0 radical (unpaired) electrons. The molecule has 1 aromatic heterocycles. The van der Waals surface area contributed by atoms with Gasteiger partial charge >= 0.3 is 0 Å². The molecule has 1 saturated heterocycles. The Morgan fingerprint density at radius 3 is 2.53 bits per heavy atom. The lowest BCUT2D eigenvalue weighted by atomic mass is 9.82. The molecule has 0 atom stereocenters. The molecule has 2 aliphatic rings. The number of anilines is 1. The van der Waals surface area contributed by atoms with Crippen LogP contribution in [0.5, 0.6) is 5.75 Å². The van der Waals surface area contributed by atoms with Crippen molar-refractivity contribution in [3.05, 3.63) is 46.6 Å². The van der Waals surface area contributed by atoms with E-state index in [0.29, 0.717) is 22.0 Å². The van der Waals surface area contributed by atoms with Gasteiger partial charge in [0.15, 0.2) is 11.5 Å². The molecule has 1 aromatic carbocycles. The number of amides is 1. The third-order valence-electron chi connectivity index (χ3n) is 6.77. The second kappa shape index (κ2) is 10.4. The van der Waals surface area contributed by atoms with Gasteiger partial charge in [-0.3, -0.25) is 4.79 Å². The predicted molar refractivity (Wildman–Crippen MR) is 128 cm³/mol. The number of benzene rings is 1. The number of rotatable bonds is 6. The van der Waals surface area contributed by atoms with E-state index in [1.807, 2.05) is 19.1 Å². The second-order valence-electron chi connectivity index (χ2n) is 9.35. The topological polar surface area (TPSA) is 108 Å². The number of piperidine rings is 1. The monoisotopic (exact) mass is 481 g/mol. The van der Waals surface area contributed by atoms with Gasteiger partial charge in [0.25, 0.3) is 5.91 Å². The van der Waals surface area contributed by atoms with Crippen LogP contribution >= 0.6 is 11.6 Å². The van der Waals surface area contributed by atoms with E-state index < -0.39 is 0 Å². The maximum absolute atomic E-state index is 12.7. The van der Waals surface area contributed by atoms with Gasteiger partial charge in [-0.1, -0.05) is 18.5 Å². The molecule has 0 unspecified atom stereocenters. The standard InChI is InChI=1S/C25H28ClN5O3/c1-25(16-32)10-12-31(13-11-25)23-9-8-22(29-30-23)24(33)28-18-3-6-19(7-4-18)34-20-5-2-17(15-27)21(26)14-20/h2,5,8-9,14,16,18-19H,3-4,6-7,10-13H2,1H3,(H,28,33)/t18-,19-. The fourth-order valence-electron chi connectivity index (χ4n) is 4.42. The summed E-state index contributed by atoms with van der Waals surface area (Å²) in [5.74, 6) is 1.15. The summed E-state index contributed by atoms with van der Waals surface area (Å²) in [6.45, 7) is 3.48. The molecule has 0 bridgehead atoms. The number of nitriles is 1. The normalized spacial score (nSPS) is 21.9. The number of halogens is 1. The molecule has 9 heteroatoms. The first kappa shape index (κ1) is 24.0. The van der Waals surface area contributed by atoms with Crippen LogP contribution in [0.1, 0.15) is 61.5 Å². The average Bonchev–Trinajstić information content (AvgIpc) is 2.86. The molecule has 34 heavy (non-hydrogen) atoms. The number of hydrogen-bond acceptors (Lipinski definition) is 7. The van der Waals surface area contributed by atoms with Crippen LogP contribution < -0.4 is 15.0 Å². The maximum atomic E-state index is 12.7. The summed E-state index contributed by atoms with van der Waals surface area (Å²) < 4.78 is 6.01. The molecule has 178 valence electrons. The van der Waals surface area contributed by atoms with E-state index in [4.69, 9.17) is 21.6 Å². The number of aldehydes is 1. The first-order valence-corrected chi connectivity index (χ1v) is 12.0. The number of hydrogen-bond donors (Lipinski definition) is 1. The van der Waals surface area contributed by atoms with Crippen LogP contribution in [0.3, 0.4) is 0 Å².